The van der Waals surface area contributed by atoms with E-state index >= 15 is 0 Å². The number of nitro groups is 1. The summed E-state index contributed by atoms with van der Waals surface area (Å²) in [5.41, 5.74) is -1.97. The number of aliphatic hydroxyl groups is 1. The monoisotopic (exact) mass is 502 g/mol. The Kier molecular flexibility index (Phi) is 6.08. The lowest BCUT2D eigenvalue weighted by molar-refractivity contribution is -0.384. The van der Waals surface area contributed by atoms with E-state index in [-0.39, 0.29) is 22.5 Å². The van der Waals surface area contributed by atoms with E-state index in [1.54, 1.807) is 0 Å². The molecule has 1 N–H and O–H groups in total. The number of nitrogens with zero attached hydrogens (tertiary/aromatic N) is 2. The van der Waals surface area contributed by atoms with E-state index in [9.17, 15) is 38.0 Å². The first-order valence-corrected chi connectivity index (χ1v) is 10.4. The Bertz CT molecular complexity index is 1390. The minimum absolute atomic E-state index is 0.0475. The van der Waals surface area contributed by atoms with Crippen molar-refractivity contribution in [3.05, 3.63) is 110 Å². The van der Waals surface area contributed by atoms with Gasteiger partial charge in [-0.1, -0.05) is 29.8 Å². The number of ketones is 1. The van der Waals surface area contributed by atoms with Gasteiger partial charge >= 0.3 is 6.18 Å². The number of carbonyl (C=O) groups is 2. The van der Waals surface area contributed by atoms with Crippen LogP contribution in [0.4, 0.5) is 24.5 Å². The molecule has 1 heterocycles. The molecule has 1 unspecified atom stereocenters. The number of nitro benzene ring substituents is 1. The maximum absolute atomic E-state index is 13.3. The van der Waals surface area contributed by atoms with Crippen LogP contribution in [0, 0.1) is 10.1 Å². The number of alkyl halides is 3. The number of amides is 1. The summed E-state index contributed by atoms with van der Waals surface area (Å²) >= 11 is 5.87. The summed E-state index contributed by atoms with van der Waals surface area (Å²) in [6, 6.07) is 12.9. The van der Waals surface area contributed by atoms with Crippen LogP contribution in [0.15, 0.2) is 78.4 Å². The van der Waals surface area contributed by atoms with Gasteiger partial charge in [0.1, 0.15) is 5.76 Å². The Hall–Kier alpha value is -4.18. The van der Waals surface area contributed by atoms with Crippen molar-refractivity contribution >= 4 is 40.4 Å². The highest BCUT2D eigenvalue weighted by atomic mass is 35.5. The van der Waals surface area contributed by atoms with Gasteiger partial charge in [0.15, 0.2) is 0 Å². The van der Waals surface area contributed by atoms with Crippen molar-refractivity contribution in [1.82, 2.24) is 0 Å². The largest absolute Gasteiger partial charge is 0.507 e. The highest BCUT2D eigenvalue weighted by Gasteiger charge is 2.47. The highest BCUT2D eigenvalue weighted by Crippen LogP contribution is 2.44. The van der Waals surface area contributed by atoms with Crippen molar-refractivity contribution in [2.45, 2.75) is 12.2 Å². The summed E-state index contributed by atoms with van der Waals surface area (Å²) < 4.78 is 40.0. The topological polar surface area (TPSA) is 101 Å². The van der Waals surface area contributed by atoms with Crippen LogP contribution < -0.4 is 4.90 Å². The fourth-order valence-electron chi connectivity index (χ4n) is 3.82. The number of aliphatic hydroxyl groups excluding tert-OH is 1. The molecule has 1 fully saturated rings. The minimum Gasteiger partial charge on any atom is -0.507 e. The van der Waals surface area contributed by atoms with Crippen molar-refractivity contribution in [2.24, 2.45) is 0 Å². The molecule has 0 saturated carbocycles. The van der Waals surface area contributed by atoms with E-state index in [0.717, 1.165) is 23.1 Å². The number of non-ortho nitro benzene ring substituents is 1. The number of hydrogen-bond donors (Lipinski definition) is 1. The van der Waals surface area contributed by atoms with Gasteiger partial charge in [-0.05, 0) is 48.0 Å². The smallest absolute Gasteiger partial charge is 0.416 e. The first-order valence-electron chi connectivity index (χ1n) is 9.97. The van der Waals surface area contributed by atoms with Crippen LogP contribution >= 0.6 is 11.6 Å². The zero-order valence-electron chi connectivity index (χ0n) is 17.5. The van der Waals surface area contributed by atoms with Crippen molar-refractivity contribution in [2.75, 3.05) is 4.90 Å². The van der Waals surface area contributed by atoms with Gasteiger partial charge in [-0.2, -0.15) is 13.2 Å². The van der Waals surface area contributed by atoms with Gasteiger partial charge in [0, 0.05) is 28.4 Å². The van der Waals surface area contributed by atoms with Crippen molar-refractivity contribution < 1.29 is 32.8 Å². The molecule has 7 nitrogen and oxygen atoms in total. The molecule has 0 spiro atoms. The molecule has 1 aliphatic heterocycles. The van der Waals surface area contributed by atoms with Crippen molar-refractivity contribution in [3.63, 3.8) is 0 Å². The van der Waals surface area contributed by atoms with Gasteiger partial charge in [-0.25, -0.2) is 0 Å². The van der Waals surface area contributed by atoms with Gasteiger partial charge in [-0.3, -0.25) is 24.6 Å². The molecule has 1 saturated heterocycles. The molecule has 3 aromatic rings. The fourth-order valence-corrected chi connectivity index (χ4v) is 3.94. The molecule has 3 aromatic carbocycles. The zero-order chi connectivity index (χ0) is 25.5. The lowest BCUT2D eigenvalue weighted by atomic mass is 9.94. The van der Waals surface area contributed by atoms with E-state index < -0.39 is 45.7 Å². The summed E-state index contributed by atoms with van der Waals surface area (Å²) in [6.07, 6.45) is -4.73. The molecule has 178 valence electrons. The van der Waals surface area contributed by atoms with Crippen LogP contribution in [-0.4, -0.2) is 21.7 Å². The van der Waals surface area contributed by atoms with E-state index in [4.69, 9.17) is 11.6 Å². The number of Topliss-reactive ketones (excluding diaryl/α,β-unsaturated/α-hetero) is 1. The molecule has 4 rings (SSSR count). The first-order chi connectivity index (χ1) is 16.5. The molecule has 0 bridgehead atoms. The lowest BCUT2D eigenvalue weighted by Crippen LogP contribution is -2.29. The maximum Gasteiger partial charge on any atom is 0.416 e. The normalized spacial score (nSPS) is 17.6. The number of rotatable bonds is 4. The third kappa shape index (κ3) is 4.47. The van der Waals surface area contributed by atoms with Gasteiger partial charge in [0.05, 0.1) is 22.1 Å². The van der Waals surface area contributed by atoms with Crippen LogP contribution in [0.1, 0.15) is 22.7 Å². The Labute approximate surface area is 200 Å². The quantitative estimate of drug-likeness (QED) is 0.157. The molecule has 0 aliphatic carbocycles. The zero-order valence-corrected chi connectivity index (χ0v) is 18.2. The number of hydrogen-bond acceptors (Lipinski definition) is 5. The maximum atomic E-state index is 13.3. The van der Waals surface area contributed by atoms with E-state index in [1.807, 2.05) is 0 Å². The molecule has 0 radical (unpaired) electrons. The summed E-state index contributed by atoms with van der Waals surface area (Å²) in [5, 5.41) is 22.6. The molecule has 0 aromatic heterocycles. The molecule has 1 atom stereocenters. The Morgan fingerprint density at radius 2 is 1.66 bits per heavy atom. The van der Waals surface area contributed by atoms with Gasteiger partial charge in [-0.15, -0.1) is 0 Å². The predicted octanol–water partition coefficient (Wildman–Crippen LogP) is 5.89. The molecular formula is C24H14ClF3N2O5. The molecule has 35 heavy (non-hydrogen) atoms. The Morgan fingerprint density at radius 1 is 1.00 bits per heavy atom. The standard InChI is InChI=1S/C24H14ClF3N2O5/c25-16-9-7-13(8-10-16)21(31)19-20(14-3-1-6-18(11-14)30(34)35)29(23(33)22(19)32)17-5-2-4-15(12-17)24(26,27)28/h1-12,20,31H. The summed E-state index contributed by atoms with van der Waals surface area (Å²) in [5.74, 6) is -2.96. The fraction of sp³-hybridized carbons (Fsp3) is 0.0833. The minimum atomic E-state index is -4.73. The highest BCUT2D eigenvalue weighted by molar-refractivity contribution is 6.51. The number of carbonyl (C=O) groups excluding carboxylic acids is 2. The second kappa shape index (κ2) is 8.88. The van der Waals surface area contributed by atoms with Crippen molar-refractivity contribution in [3.8, 4) is 0 Å². The summed E-state index contributed by atoms with van der Waals surface area (Å²) in [6.45, 7) is 0. The van der Waals surface area contributed by atoms with Crippen LogP contribution in [0.25, 0.3) is 5.76 Å². The van der Waals surface area contributed by atoms with Crippen molar-refractivity contribution in [1.29, 1.82) is 0 Å². The average Bonchev–Trinajstić information content (AvgIpc) is 3.09. The van der Waals surface area contributed by atoms with Crippen LogP contribution in [-0.2, 0) is 15.8 Å². The third-order valence-electron chi connectivity index (χ3n) is 5.41. The van der Waals surface area contributed by atoms with E-state index in [1.165, 1.54) is 48.5 Å². The lowest BCUT2D eigenvalue weighted by Gasteiger charge is -2.26. The Morgan fingerprint density at radius 3 is 2.29 bits per heavy atom. The summed E-state index contributed by atoms with van der Waals surface area (Å²) in [7, 11) is 0. The first kappa shape index (κ1) is 24.0. The van der Waals surface area contributed by atoms with Crippen LogP contribution in [0.3, 0.4) is 0 Å². The van der Waals surface area contributed by atoms with Crippen LogP contribution in [0.5, 0.6) is 0 Å². The van der Waals surface area contributed by atoms with Gasteiger partial charge in [0.2, 0.25) is 0 Å². The van der Waals surface area contributed by atoms with Crippen LogP contribution in [0.2, 0.25) is 5.02 Å². The third-order valence-corrected chi connectivity index (χ3v) is 5.66. The number of halogens is 4. The van der Waals surface area contributed by atoms with Gasteiger partial charge < -0.3 is 5.11 Å². The predicted molar refractivity (Wildman–Crippen MR) is 121 cm³/mol. The number of benzene rings is 3. The molecular weight excluding hydrogens is 489 g/mol. The molecule has 11 heteroatoms. The molecule has 1 amide bonds. The average molecular weight is 503 g/mol. The SMILES string of the molecule is O=C1C(=O)N(c2cccc(C(F)(F)F)c2)C(c2cccc([N+](=O)[O-])c2)C1=C(O)c1ccc(Cl)cc1. The van der Waals surface area contributed by atoms with E-state index in [0.29, 0.717) is 11.1 Å². The Balaban J connectivity index is 1.97. The molecule has 1 aliphatic rings. The van der Waals surface area contributed by atoms with E-state index in [2.05, 4.69) is 0 Å². The number of anilines is 1. The second-order valence-electron chi connectivity index (χ2n) is 7.58. The summed E-state index contributed by atoms with van der Waals surface area (Å²) in [4.78, 5) is 37.6. The van der Waals surface area contributed by atoms with Gasteiger partial charge in [0.25, 0.3) is 17.4 Å². The second-order valence-corrected chi connectivity index (χ2v) is 8.01.